The van der Waals surface area contributed by atoms with E-state index in [2.05, 4.69) is 30.1 Å². The molecule has 0 saturated heterocycles. The first-order chi connectivity index (χ1) is 21.6. The first kappa shape index (κ1) is 36.7. The number of carbonyl (C=O) groups excluding carboxylic acids is 1. The van der Waals surface area contributed by atoms with Gasteiger partial charge in [-0.15, -0.1) is 34.9 Å². The topological polar surface area (TPSA) is 50.2 Å². The van der Waals surface area contributed by atoms with Gasteiger partial charge < -0.3 is 10.1 Å². The smallest absolute Gasteiger partial charge is 0.162 e. The van der Waals surface area contributed by atoms with E-state index in [1.54, 1.807) is 30.5 Å². The minimum absolute atomic E-state index is 0. The van der Waals surface area contributed by atoms with E-state index in [1.807, 2.05) is 52.8 Å². The molecule has 0 spiro atoms. The Balaban J connectivity index is 0.000000309. The number of nitrogens with zero attached hydrogens (tertiary/aromatic N) is 1. The second-order valence-electron chi connectivity index (χ2n) is 11.6. The molecule has 6 heteroatoms. The fraction of sp³-hybridized carbons (Fsp3) is 0.300. The van der Waals surface area contributed by atoms with Crippen LogP contribution in [0.1, 0.15) is 64.5 Å². The van der Waals surface area contributed by atoms with Gasteiger partial charge in [0.15, 0.2) is 5.78 Å². The molecule has 0 aliphatic carbocycles. The van der Waals surface area contributed by atoms with Crippen molar-refractivity contribution in [1.29, 1.82) is 0 Å². The normalized spacial score (nSPS) is 11.5. The van der Waals surface area contributed by atoms with Crippen molar-refractivity contribution >= 4 is 27.3 Å². The molecular weight excluding hydrogens is 757 g/mol. The summed E-state index contributed by atoms with van der Waals surface area (Å²) in [6.07, 6.45) is 6.66. The Morgan fingerprint density at radius 2 is 1.39 bits per heavy atom. The van der Waals surface area contributed by atoms with Gasteiger partial charge in [-0.05, 0) is 71.3 Å². The van der Waals surface area contributed by atoms with Crippen LogP contribution in [0.25, 0.3) is 43.9 Å². The number of benzene rings is 4. The van der Waals surface area contributed by atoms with Crippen LogP contribution in [0.5, 0.6) is 0 Å². The molecule has 1 N–H and O–H groups in total. The standard InChI is InChI=1S/C27H18F2N.C13H24O2.Ir/c1-16-13-17(2)15-19(14-16)27-25-10-9-24-22(23(25)11-12-30-27)8-7-21(26(24)29)18-3-5-20(28)6-4-18;1-5-10(6-2)12(14)9-13(15)11(7-3)8-4;/h3-14H,1-2H3;9-11,14H,5-8H2,1-4H3;/q-1;;/b;12-9-;. The van der Waals surface area contributed by atoms with Crippen LogP contribution < -0.4 is 0 Å². The Bertz CT molecular complexity index is 1800. The van der Waals surface area contributed by atoms with Gasteiger partial charge in [-0.3, -0.25) is 4.79 Å². The van der Waals surface area contributed by atoms with E-state index in [9.17, 15) is 14.3 Å². The maximum atomic E-state index is 15.4. The Morgan fingerprint density at radius 1 is 0.804 bits per heavy atom. The van der Waals surface area contributed by atoms with Gasteiger partial charge >= 0.3 is 0 Å². The number of hydrogen-bond donors (Lipinski definition) is 1. The monoisotopic (exact) mass is 799 g/mol. The number of rotatable bonds is 9. The van der Waals surface area contributed by atoms with E-state index < -0.39 is 0 Å². The van der Waals surface area contributed by atoms with Crippen LogP contribution >= 0.6 is 0 Å². The molecule has 1 aromatic heterocycles. The van der Waals surface area contributed by atoms with Crippen LogP contribution in [-0.4, -0.2) is 15.9 Å². The van der Waals surface area contributed by atoms with Gasteiger partial charge in [-0.1, -0.05) is 77.9 Å². The molecule has 0 fully saturated rings. The van der Waals surface area contributed by atoms with Crippen LogP contribution in [0, 0.1) is 43.4 Å². The molecular formula is C40H42F2IrNO2-. The Labute approximate surface area is 285 Å². The molecule has 243 valence electrons. The van der Waals surface area contributed by atoms with Gasteiger partial charge in [-0.2, -0.15) is 0 Å². The predicted octanol–water partition coefficient (Wildman–Crippen LogP) is 11.3. The summed E-state index contributed by atoms with van der Waals surface area (Å²) in [6, 6.07) is 22.7. The number of carbonyl (C=O) groups is 1. The van der Waals surface area contributed by atoms with Crippen LogP contribution in [0.2, 0.25) is 0 Å². The van der Waals surface area contributed by atoms with Crippen molar-refractivity contribution in [2.24, 2.45) is 11.8 Å². The molecule has 0 amide bonds. The summed E-state index contributed by atoms with van der Waals surface area (Å²) < 4.78 is 28.7. The van der Waals surface area contributed by atoms with Crippen LogP contribution in [0.15, 0.2) is 84.8 Å². The fourth-order valence-corrected chi connectivity index (χ4v) is 5.90. The minimum atomic E-state index is -0.339. The van der Waals surface area contributed by atoms with E-state index in [1.165, 1.54) is 18.2 Å². The first-order valence-corrected chi connectivity index (χ1v) is 15.8. The molecule has 0 aliphatic rings. The SMILES string of the molecule is CCC(CC)C(=O)/C=C(\O)C(CC)CC.Cc1[c-]c(-c2nccc3c2ccc2c(F)c(-c4ccc(F)cc4)ccc23)cc(C)c1.[Ir]. The second-order valence-corrected chi connectivity index (χ2v) is 11.6. The zero-order valence-electron chi connectivity index (χ0n) is 27.4. The summed E-state index contributed by atoms with van der Waals surface area (Å²) in [7, 11) is 0. The number of aliphatic hydroxyl groups is 1. The number of aromatic nitrogens is 1. The van der Waals surface area contributed by atoms with E-state index in [0.717, 1.165) is 64.2 Å². The van der Waals surface area contributed by atoms with Gasteiger partial charge in [0, 0.05) is 55.2 Å². The van der Waals surface area contributed by atoms with Crippen molar-refractivity contribution in [3.05, 3.63) is 114 Å². The van der Waals surface area contributed by atoms with Crippen LogP contribution in [0.3, 0.4) is 0 Å². The Morgan fingerprint density at radius 3 is 2.00 bits per heavy atom. The molecule has 46 heavy (non-hydrogen) atoms. The number of ketones is 1. The summed E-state index contributed by atoms with van der Waals surface area (Å²) in [5.74, 6) is -0.0994. The summed E-state index contributed by atoms with van der Waals surface area (Å²) in [6.45, 7) is 12.1. The summed E-state index contributed by atoms with van der Waals surface area (Å²) in [5, 5.41) is 13.0. The number of hydrogen-bond acceptors (Lipinski definition) is 3. The zero-order valence-corrected chi connectivity index (χ0v) is 29.8. The van der Waals surface area contributed by atoms with E-state index in [-0.39, 0.29) is 55.1 Å². The van der Waals surface area contributed by atoms with E-state index >= 15 is 4.39 Å². The predicted molar refractivity (Wildman–Crippen MR) is 182 cm³/mol. The third kappa shape index (κ3) is 8.34. The second kappa shape index (κ2) is 16.7. The van der Waals surface area contributed by atoms with Gasteiger partial charge in [0.05, 0.1) is 5.76 Å². The molecule has 5 rings (SSSR count). The molecule has 0 saturated carbocycles. The Hall–Kier alpha value is -3.73. The largest absolute Gasteiger partial charge is 0.512 e. The number of aryl methyl sites for hydroxylation is 2. The van der Waals surface area contributed by atoms with Gasteiger partial charge in [-0.25, -0.2) is 8.78 Å². The number of allylic oxidation sites excluding steroid dienone is 2. The fourth-order valence-electron chi connectivity index (χ4n) is 5.90. The molecule has 1 heterocycles. The molecule has 4 aromatic carbocycles. The number of fused-ring (bicyclic) bond motifs is 3. The van der Waals surface area contributed by atoms with Crippen molar-refractivity contribution in [2.45, 2.75) is 67.2 Å². The average molecular weight is 799 g/mol. The zero-order chi connectivity index (χ0) is 32.7. The van der Waals surface area contributed by atoms with Gasteiger partial charge in [0.2, 0.25) is 0 Å². The molecule has 5 aromatic rings. The van der Waals surface area contributed by atoms with Gasteiger partial charge in [0.1, 0.15) is 11.6 Å². The van der Waals surface area contributed by atoms with Crippen molar-refractivity contribution in [3.8, 4) is 22.4 Å². The summed E-state index contributed by atoms with van der Waals surface area (Å²) >= 11 is 0. The van der Waals surface area contributed by atoms with Crippen LogP contribution in [-0.2, 0) is 24.9 Å². The maximum Gasteiger partial charge on any atom is 0.162 e. The van der Waals surface area contributed by atoms with Crippen LogP contribution in [0.4, 0.5) is 8.78 Å². The number of pyridine rings is 1. The summed E-state index contributed by atoms with van der Waals surface area (Å²) in [5.41, 5.74) is 5.08. The van der Waals surface area contributed by atoms with Crippen molar-refractivity contribution in [1.82, 2.24) is 4.98 Å². The first-order valence-electron chi connectivity index (χ1n) is 15.8. The molecule has 0 atom stereocenters. The summed E-state index contributed by atoms with van der Waals surface area (Å²) in [4.78, 5) is 16.3. The number of aliphatic hydroxyl groups excluding tert-OH is 1. The average Bonchev–Trinajstić information content (AvgIpc) is 3.02. The van der Waals surface area contributed by atoms with E-state index in [4.69, 9.17) is 0 Å². The third-order valence-corrected chi connectivity index (χ3v) is 8.52. The van der Waals surface area contributed by atoms with Crippen molar-refractivity contribution in [2.75, 3.05) is 0 Å². The van der Waals surface area contributed by atoms with Gasteiger partial charge in [0.25, 0.3) is 0 Å². The van der Waals surface area contributed by atoms with E-state index in [0.29, 0.717) is 16.5 Å². The molecule has 0 unspecified atom stereocenters. The quantitative estimate of drug-likeness (QED) is 0.0699. The molecule has 3 nitrogen and oxygen atoms in total. The minimum Gasteiger partial charge on any atom is -0.512 e. The molecule has 0 aliphatic heterocycles. The maximum absolute atomic E-state index is 15.4. The van der Waals surface area contributed by atoms with Crippen molar-refractivity contribution < 1.29 is 38.8 Å². The molecule has 0 bridgehead atoms. The Kier molecular flexibility index (Phi) is 13.4. The third-order valence-electron chi connectivity index (χ3n) is 8.52. The number of halogens is 2. The van der Waals surface area contributed by atoms with Crippen molar-refractivity contribution in [3.63, 3.8) is 0 Å². The molecule has 1 radical (unpaired) electrons.